The predicted molar refractivity (Wildman–Crippen MR) is 132 cm³/mol. The zero-order valence-corrected chi connectivity index (χ0v) is 21.1. The van der Waals surface area contributed by atoms with Gasteiger partial charge in [0.2, 0.25) is 5.91 Å². The number of fused-ring (bicyclic) bond motifs is 1. The molecule has 1 aromatic heterocycles. The largest absolute Gasteiger partial charge is 0.444 e. The van der Waals surface area contributed by atoms with Crippen molar-refractivity contribution in [1.29, 1.82) is 0 Å². The van der Waals surface area contributed by atoms with Crippen LogP contribution < -0.4 is 10.6 Å². The molecular formula is C19H28IN4O3PS. The Balaban J connectivity index is 1.69. The van der Waals surface area contributed by atoms with Gasteiger partial charge in [0, 0.05) is 11.9 Å². The number of hydrogen-bond donors (Lipinski definition) is 2. The second-order valence-corrected chi connectivity index (χ2v) is 10.8. The van der Waals surface area contributed by atoms with Gasteiger partial charge < -0.3 is 15.4 Å². The number of aryl methyl sites for hydroxylation is 1. The molecule has 0 aliphatic carbocycles. The quantitative estimate of drug-likeness (QED) is 0.258. The van der Waals surface area contributed by atoms with Crippen molar-refractivity contribution in [3.8, 4) is 0 Å². The molecule has 2 N–H and O–H groups in total. The van der Waals surface area contributed by atoms with E-state index in [-0.39, 0.29) is 12.0 Å². The number of alkyl carbamates (subject to hydrolysis) is 1. The van der Waals surface area contributed by atoms with Crippen LogP contribution in [0.1, 0.15) is 39.2 Å². The molecule has 0 spiro atoms. The van der Waals surface area contributed by atoms with E-state index in [1.807, 2.05) is 38.2 Å². The fourth-order valence-electron chi connectivity index (χ4n) is 2.62. The fourth-order valence-corrected chi connectivity index (χ4v) is 4.96. The Hall–Kier alpha value is -1.06. The Bertz CT molecular complexity index is 854. The summed E-state index contributed by atoms with van der Waals surface area (Å²) in [5, 5.41) is 11.1. The number of aromatic nitrogens is 2. The van der Waals surface area contributed by atoms with E-state index in [1.165, 1.54) is 0 Å². The zero-order chi connectivity index (χ0) is 21.4. The summed E-state index contributed by atoms with van der Waals surface area (Å²) >= 11 is 3.89. The van der Waals surface area contributed by atoms with E-state index in [9.17, 15) is 9.59 Å². The lowest BCUT2D eigenvalue weighted by Gasteiger charge is -2.19. The van der Waals surface area contributed by atoms with E-state index in [0.29, 0.717) is 18.7 Å². The Morgan fingerprint density at radius 2 is 2.07 bits per heavy atom. The highest BCUT2D eigenvalue weighted by molar-refractivity contribution is 14.2. The highest BCUT2D eigenvalue weighted by Crippen LogP contribution is 2.32. The maximum absolute atomic E-state index is 12.3. The van der Waals surface area contributed by atoms with Crippen molar-refractivity contribution < 1.29 is 14.3 Å². The van der Waals surface area contributed by atoms with Gasteiger partial charge in [-0.15, -0.1) is 0 Å². The summed E-state index contributed by atoms with van der Waals surface area (Å²) in [7, 11) is 0. The lowest BCUT2D eigenvalue weighted by molar-refractivity contribution is -0.113. The summed E-state index contributed by atoms with van der Waals surface area (Å²) in [5.74, 6) is 1.25. The first-order valence-electron chi connectivity index (χ1n) is 9.39. The molecule has 0 saturated heterocycles. The standard InChI is InChI=1S/C19H28IN4O3PS/c1-13-9-15(14-11-22-24(28-20)16(14)10-13)23-17(25)12-29-8-6-5-7-21-18(26)27-19(2,3)4/h9-11,28H,5-8,12H2,1-4H3,(H,21,26)(H,23,25). The number of nitrogens with zero attached hydrogens (tertiary/aromatic N) is 2. The van der Waals surface area contributed by atoms with Gasteiger partial charge in [-0.05, 0) is 86.0 Å². The number of anilines is 1. The van der Waals surface area contributed by atoms with E-state index in [0.717, 1.165) is 40.7 Å². The van der Waals surface area contributed by atoms with Gasteiger partial charge in [-0.25, -0.2) is 9.25 Å². The van der Waals surface area contributed by atoms with E-state index < -0.39 is 5.60 Å². The van der Waals surface area contributed by atoms with Crippen LogP contribution >= 0.6 is 40.2 Å². The second kappa shape index (κ2) is 11.4. The number of benzene rings is 1. The molecule has 29 heavy (non-hydrogen) atoms. The monoisotopic (exact) mass is 550 g/mol. The first-order valence-corrected chi connectivity index (χ1v) is 14.6. The number of carbonyl (C=O) groups is 2. The Kier molecular flexibility index (Phi) is 9.49. The number of nitrogens with one attached hydrogen (secondary N) is 2. The lowest BCUT2D eigenvalue weighted by atomic mass is 10.1. The van der Waals surface area contributed by atoms with Crippen molar-refractivity contribution in [2.24, 2.45) is 0 Å². The first kappa shape index (κ1) is 24.2. The van der Waals surface area contributed by atoms with Gasteiger partial charge in [-0.2, -0.15) is 16.9 Å². The van der Waals surface area contributed by atoms with E-state index in [1.54, 1.807) is 18.0 Å². The average molecular weight is 550 g/mol. The topological polar surface area (TPSA) is 85.2 Å². The Morgan fingerprint density at radius 1 is 1.31 bits per heavy atom. The van der Waals surface area contributed by atoms with Crippen molar-refractivity contribution >= 4 is 68.8 Å². The van der Waals surface area contributed by atoms with Crippen LogP contribution in [0.2, 0.25) is 0 Å². The normalized spacial score (nSPS) is 11.9. The predicted octanol–water partition coefficient (Wildman–Crippen LogP) is 5.11. The van der Waals surface area contributed by atoms with E-state index in [4.69, 9.17) is 4.74 Å². The van der Waals surface area contributed by atoms with Gasteiger partial charge in [0.25, 0.3) is 0 Å². The van der Waals surface area contributed by atoms with Gasteiger partial charge in [0.05, 0.1) is 29.5 Å². The minimum Gasteiger partial charge on any atom is -0.444 e. The summed E-state index contributed by atoms with van der Waals surface area (Å²) in [5.41, 5.74) is 2.46. The first-order chi connectivity index (χ1) is 13.7. The molecule has 0 radical (unpaired) electrons. The Labute approximate surface area is 190 Å². The summed E-state index contributed by atoms with van der Waals surface area (Å²) < 4.78 is 7.13. The molecule has 1 heterocycles. The molecule has 2 rings (SSSR count). The van der Waals surface area contributed by atoms with Crippen LogP contribution in [-0.2, 0) is 9.53 Å². The lowest BCUT2D eigenvalue weighted by Crippen LogP contribution is -2.33. The van der Waals surface area contributed by atoms with Crippen LogP contribution in [0.5, 0.6) is 0 Å². The number of ether oxygens (including phenoxy) is 1. The van der Waals surface area contributed by atoms with E-state index >= 15 is 0 Å². The highest BCUT2D eigenvalue weighted by atomic mass is 127. The van der Waals surface area contributed by atoms with Crippen LogP contribution in [-0.4, -0.2) is 45.2 Å². The molecular weight excluding hydrogens is 522 g/mol. The molecule has 0 saturated carbocycles. The summed E-state index contributed by atoms with van der Waals surface area (Å²) in [6.45, 7) is 8.11. The van der Waals surface area contributed by atoms with Crippen molar-refractivity contribution in [3.05, 3.63) is 23.9 Å². The minimum atomic E-state index is -0.481. The number of thioether (sulfide) groups is 1. The zero-order valence-electron chi connectivity index (χ0n) is 17.2. The third kappa shape index (κ3) is 8.30. The van der Waals surface area contributed by atoms with Gasteiger partial charge in [0.15, 0.2) is 0 Å². The molecule has 10 heteroatoms. The average Bonchev–Trinajstić information content (AvgIpc) is 3.02. The maximum Gasteiger partial charge on any atom is 0.407 e. The SMILES string of the molecule is Cc1cc(NC(=O)CSCCCCNC(=O)OC(C)(C)C)c2cnn(PI)c2c1. The summed E-state index contributed by atoms with van der Waals surface area (Å²) in [6.07, 6.45) is 3.71. The number of hydrogen-bond acceptors (Lipinski definition) is 5. The van der Waals surface area contributed by atoms with Crippen molar-refractivity contribution in [2.45, 2.75) is 46.1 Å². The van der Waals surface area contributed by atoms with Gasteiger partial charge >= 0.3 is 6.09 Å². The molecule has 0 aliphatic rings. The smallest absolute Gasteiger partial charge is 0.407 e. The second-order valence-electron chi connectivity index (χ2n) is 7.62. The molecule has 1 atom stereocenters. The van der Waals surface area contributed by atoms with Crippen LogP contribution in [0, 0.1) is 6.92 Å². The number of unbranched alkanes of at least 4 members (excludes halogenated alkanes) is 1. The number of rotatable bonds is 9. The molecule has 1 unspecified atom stereocenters. The third-order valence-corrected chi connectivity index (χ3v) is 6.74. The van der Waals surface area contributed by atoms with Crippen LogP contribution in [0.25, 0.3) is 10.9 Å². The minimum absolute atomic E-state index is 0.0153. The van der Waals surface area contributed by atoms with Crippen LogP contribution in [0.4, 0.5) is 10.5 Å². The number of halogens is 1. The maximum atomic E-state index is 12.3. The van der Waals surface area contributed by atoms with Gasteiger partial charge in [0.1, 0.15) is 5.60 Å². The third-order valence-electron chi connectivity index (χ3n) is 3.80. The summed E-state index contributed by atoms with van der Waals surface area (Å²) in [4.78, 5) is 23.9. The molecule has 2 amide bonds. The number of carbonyl (C=O) groups excluding carboxylic acids is 2. The Morgan fingerprint density at radius 3 is 2.76 bits per heavy atom. The highest BCUT2D eigenvalue weighted by Gasteiger charge is 2.15. The fraction of sp³-hybridized carbons (Fsp3) is 0.526. The number of amides is 2. The molecule has 0 aliphatic heterocycles. The molecule has 1 aromatic carbocycles. The van der Waals surface area contributed by atoms with Crippen molar-refractivity contribution in [3.63, 3.8) is 0 Å². The van der Waals surface area contributed by atoms with Crippen molar-refractivity contribution in [2.75, 3.05) is 23.4 Å². The van der Waals surface area contributed by atoms with E-state index in [2.05, 4.69) is 43.8 Å². The summed E-state index contributed by atoms with van der Waals surface area (Å²) in [6, 6.07) is 4.07. The van der Waals surface area contributed by atoms with Gasteiger partial charge in [-0.1, -0.05) is 0 Å². The molecule has 160 valence electrons. The molecule has 0 bridgehead atoms. The van der Waals surface area contributed by atoms with Gasteiger partial charge in [-0.3, -0.25) is 4.79 Å². The molecule has 7 nitrogen and oxygen atoms in total. The van der Waals surface area contributed by atoms with Crippen molar-refractivity contribution in [1.82, 2.24) is 14.9 Å². The van der Waals surface area contributed by atoms with Crippen LogP contribution in [0.3, 0.4) is 0 Å². The molecule has 0 fully saturated rings. The van der Waals surface area contributed by atoms with Crippen LogP contribution in [0.15, 0.2) is 18.3 Å². The molecule has 2 aromatic rings.